The van der Waals surface area contributed by atoms with Gasteiger partial charge >= 0.3 is 0 Å². The van der Waals surface area contributed by atoms with Crippen molar-refractivity contribution in [3.8, 4) is 16.9 Å². The zero-order valence-electron chi connectivity index (χ0n) is 19.4. The Morgan fingerprint density at radius 2 is 1.94 bits per heavy atom. The van der Waals surface area contributed by atoms with E-state index >= 15 is 0 Å². The molecule has 1 amide bonds. The van der Waals surface area contributed by atoms with Gasteiger partial charge in [-0.3, -0.25) is 4.79 Å². The normalized spacial score (nSPS) is 16.4. The van der Waals surface area contributed by atoms with Crippen LogP contribution < -0.4 is 20.3 Å². The number of amides is 1. The number of anilines is 3. The molecule has 35 heavy (non-hydrogen) atoms. The first-order valence-electron chi connectivity index (χ1n) is 11.7. The zero-order valence-corrected chi connectivity index (χ0v) is 19.4. The average molecular weight is 471 g/mol. The zero-order chi connectivity index (χ0) is 23.8. The molecule has 3 N–H and O–H groups in total. The smallest absolute Gasteiger partial charge is 0.255 e. The quantitative estimate of drug-likeness (QED) is 0.418. The predicted octanol–water partition coefficient (Wildman–Crippen LogP) is 2.64. The summed E-state index contributed by atoms with van der Waals surface area (Å²) in [5, 5.41) is 7.02. The third kappa shape index (κ3) is 4.24. The van der Waals surface area contributed by atoms with Crippen molar-refractivity contribution >= 4 is 34.4 Å². The number of rotatable bonds is 4. The van der Waals surface area contributed by atoms with E-state index in [4.69, 9.17) is 4.74 Å². The number of carbonyl (C=O) groups excluding carboxylic acids is 1. The number of likely N-dealkylation sites (N-methyl/N-ethyl adjacent to an activating group) is 1. The Balaban J connectivity index is 1.24. The highest BCUT2D eigenvalue weighted by Gasteiger charge is 2.19. The molecular weight excluding hydrogens is 444 g/mol. The van der Waals surface area contributed by atoms with E-state index in [1.54, 1.807) is 12.3 Å². The van der Waals surface area contributed by atoms with Gasteiger partial charge in [-0.05, 0) is 30.8 Å². The molecule has 0 saturated carbocycles. The van der Waals surface area contributed by atoms with Crippen molar-refractivity contribution in [2.45, 2.75) is 0 Å². The van der Waals surface area contributed by atoms with Crippen LogP contribution in [0.5, 0.6) is 5.75 Å². The Labute approximate surface area is 202 Å². The van der Waals surface area contributed by atoms with Crippen LogP contribution >= 0.6 is 0 Å². The minimum Gasteiger partial charge on any atom is -0.491 e. The monoisotopic (exact) mass is 470 g/mol. The third-order valence-electron chi connectivity index (χ3n) is 6.44. The summed E-state index contributed by atoms with van der Waals surface area (Å²) in [5.74, 6) is 1.92. The molecule has 0 aliphatic carbocycles. The molecule has 2 aliphatic rings. The second-order valence-electron chi connectivity index (χ2n) is 8.79. The topological polar surface area (TPSA) is 111 Å². The van der Waals surface area contributed by atoms with E-state index in [9.17, 15) is 4.79 Å². The van der Waals surface area contributed by atoms with Crippen molar-refractivity contribution in [1.29, 1.82) is 0 Å². The fraction of sp³-hybridized carbons (Fsp3) is 0.280. The van der Waals surface area contributed by atoms with Crippen LogP contribution in [0.4, 0.5) is 17.5 Å². The van der Waals surface area contributed by atoms with Crippen LogP contribution in [-0.4, -0.2) is 77.1 Å². The Hall–Kier alpha value is -4.18. The molecule has 4 aromatic rings. The summed E-state index contributed by atoms with van der Waals surface area (Å²) in [4.78, 5) is 33.8. The van der Waals surface area contributed by atoms with Gasteiger partial charge < -0.3 is 30.2 Å². The Kier molecular flexibility index (Phi) is 5.42. The lowest BCUT2D eigenvalue weighted by molar-refractivity contribution is 0.0957. The summed E-state index contributed by atoms with van der Waals surface area (Å²) in [6.45, 7) is 4.90. The summed E-state index contributed by atoms with van der Waals surface area (Å²) in [5.41, 5.74) is 4.03. The molecule has 10 nitrogen and oxygen atoms in total. The fourth-order valence-corrected chi connectivity index (χ4v) is 4.46. The van der Waals surface area contributed by atoms with Crippen LogP contribution in [0.15, 0.2) is 48.9 Å². The van der Waals surface area contributed by atoms with E-state index in [2.05, 4.69) is 47.4 Å². The number of H-pyrrole nitrogens is 1. The lowest BCUT2D eigenvalue weighted by atomic mass is 10.0. The second kappa shape index (κ2) is 8.88. The molecule has 6 rings (SSSR count). The van der Waals surface area contributed by atoms with Gasteiger partial charge in [-0.25, -0.2) is 9.97 Å². The second-order valence-corrected chi connectivity index (χ2v) is 8.79. The highest BCUT2D eigenvalue weighted by molar-refractivity contribution is 5.99. The maximum absolute atomic E-state index is 12.2. The summed E-state index contributed by atoms with van der Waals surface area (Å²) in [6.07, 6.45) is 5.51. The Bertz CT molecular complexity index is 1390. The summed E-state index contributed by atoms with van der Waals surface area (Å²) in [7, 11) is 2.14. The van der Waals surface area contributed by atoms with E-state index in [1.165, 1.54) is 0 Å². The van der Waals surface area contributed by atoms with Crippen molar-refractivity contribution in [1.82, 2.24) is 30.2 Å². The van der Waals surface area contributed by atoms with Gasteiger partial charge in [0.2, 0.25) is 5.95 Å². The number of aromatic amines is 1. The molecule has 1 aromatic carbocycles. The first-order valence-corrected chi connectivity index (χ1v) is 11.7. The van der Waals surface area contributed by atoms with Crippen LogP contribution in [0.1, 0.15) is 10.4 Å². The molecule has 0 spiro atoms. The molecule has 1 saturated heterocycles. The van der Waals surface area contributed by atoms with Gasteiger partial charge in [0.15, 0.2) is 0 Å². The fourth-order valence-electron chi connectivity index (χ4n) is 4.46. The average Bonchev–Trinajstić information content (AvgIpc) is 3.21. The molecular formula is C25H26N8O2. The van der Waals surface area contributed by atoms with Gasteiger partial charge in [0.25, 0.3) is 5.91 Å². The van der Waals surface area contributed by atoms with E-state index in [1.807, 2.05) is 36.7 Å². The molecule has 0 unspecified atom stereocenters. The van der Waals surface area contributed by atoms with Crippen molar-refractivity contribution in [3.63, 3.8) is 0 Å². The lowest BCUT2D eigenvalue weighted by Gasteiger charge is -2.33. The number of piperazine rings is 1. The van der Waals surface area contributed by atoms with Crippen LogP contribution in [0.2, 0.25) is 0 Å². The SMILES string of the molecule is CN1CCN(c2cc(Nc3ncc4c(-c5ccc6c(c5)OCCNC6=O)c[nH]c4n3)ccn2)CC1. The molecule has 0 radical (unpaired) electrons. The Morgan fingerprint density at radius 3 is 2.83 bits per heavy atom. The number of hydrogen-bond donors (Lipinski definition) is 3. The van der Waals surface area contributed by atoms with Gasteiger partial charge in [-0.2, -0.15) is 4.98 Å². The minimum atomic E-state index is -0.117. The largest absolute Gasteiger partial charge is 0.491 e. The van der Waals surface area contributed by atoms with E-state index < -0.39 is 0 Å². The summed E-state index contributed by atoms with van der Waals surface area (Å²) in [6, 6.07) is 9.55. The van der Waals surface area contributed by atoms with Crippen LogP contribution in [-0.2, 0) is 0 Å². The molecule has 3 aromatic heterocycles. The van der Waals surface area contributed by atoms with Gasteiger partial charge in [0.1, 0.15) is 23.8 Å². The summed E-state index contributed by atoms with van der Waals surface area (Å²) >= 11 is 0. The predicted molar refractivity (Wildman–Crippen MR) is 134 cm³/mol. The maximum atomic E-state index is 12.2. The number of fused-ring (bicyclic) bond motifs is 2. The molecule has 5 heterocycles. The van der Waals surface area contributed by atoms with Gasteiger partial charge in [0.05, 0.1) is 12.1 Å². The molecule has 1 fully saturated rings. The van der Waals surface area contributed by atoms with Gasteiger partial charge in [0, 0.05) is 67.5 Å². The first kappa shape index (κ1) is 21.4. The van der Waals surface area contributed by atoms with Gasteiger partial charge in [-0.1, -0.05) is 6.07 Å². The number of carbonyl (C=O) groups is 1. The molecule has 2 aliphatic heterocycles. The number of pyridine rings is 1. The number of hydrogen-bond acceptors (Lipinski definition) is 8. The summed E-state index contributed by atoms with van der Waals surface area (Å²) < 4.78 is 5.77. The standard InChI is InChI=1S/C25H26N8O2/c1-32-7-9-33(10-8-32)22-13-17(4-5-26-22)30-25-29-15-20-19(14-28-23(20)31-25)16-2-3-18-21(12-16)35-11-6-27-24(18)34/h2-5,12-15H,6-11H2,1H3,(H,27,34)(H2,26,28,29,30,31). The highest BCUT2D eigenvalue weighted by atomic mass is 16.5. The molecule has 178 valence electrons. The number of aromatic nitrogens is 4. The number of nitrogens with zero attached hydrogens (tertiary/aromatic N) is 5. The number of nitrogens with one attached hydrogen (secondary N) is 3. The van der Waals surface area contributed by atoms with Crippen molar-refractivity contribution in [2.24, 2.45) is 0 Å². The van der Waals surface area contributed by atoms with E-state index in [0.717, 1.165) is 59.8 Å². The van der Waals surface area contributed by atoms with Crippen LogP contribution in [0.3, 0.4) is 0 Å². The van der Waals surface area contributed by atoms with Crippen molar-refractivity contribution in [3.05, 3.63) is 54.5 Å². The highest BCUT2D eigenvalue weighted by Crippen LogP contribution is 2.33. The van der Waals surface area contributed by atoms with Crippen LogP contribution in [0.25, 0.3) is 22.2 Å². The molecule has 0 bridgehead atoms. The third-order valence-corrected chi connectivity index (χ3v) is 6.44. The van der Waals surface area contributed by atoms with Crippen molar-refractivity contribution < 1.29 is 9.53 Å². The van der Waals surface area contributed by atoms with Crippen molar-refractivity contribution in [2.75, 3.05) is 56.6 Å². The van der Waals surface area contributed by atoms with Crippen LogP contribution in [0, 0.1) is 0 Å². The Morgan fingerprint density at radius 1 is 1.06 bits per heavy atom. The van der Waals surface area contributed by atoms with Gasteiger partial charge in [-0.15, -0.1) is 0 Å². The number of benzene rings is 1. The lowest BCUT2D eigenvalue weighted by Crippen LogP contribution is -2.44. The first-order chi connectivity index (χ1) is 17.1. The maximum Gasteiger partial charge on any atom is 0.255 e. The molecule has 10 heteroatoms. The molecule has 0 atom stereocenters. The van der Waals surface area contributed by atoms with E-state index in [-0.39, 0.29) is 5.91 Å². The minimum absolute atomic E-state index is 0.117. The van der Waals surface area contributed by atoms with E-state index in [0.29, 0.717) is 30.4 Å². The number of ether oxygens (including phenoxy) is 1.